The maximum absolute atomic E-state index is 12.0. The van der Waals surface area contributed by atoms with E-state index in [0.29, 0.717) is 0 Å². The van der Waals surface area contributed by atoms with Crippen molar-refractivity contribution in [1.29, 1.82) is 0 Å². The van der Waals surface area contributed by atoms with Gasteiger partial charge in [0.2, 0.25) is 0 Å². The summed E-state index contributed by atoms with van der Waals surface area (Å²) in [6.45, 7) is 0. The Morgan fingerprint density at radius 1 is 1.70 bits per heavy atom. The molecule has 0 unspecified atom stereocenters. The molecule has 0 bridgehead atoms. The number of aromatic amines is 1. The van der Waals surface area contributed by atoms with Gasteiger partial charge >= 0.3 is 11.3 Å². The molecule has 7 heteroatoms. The molecule has 0 saturated carbocycles. The van der Waals surface area contributed by atoms with Crippen LogP contribution in [0.1, 0.15) is 5.89 Å². The number of hydrogen-bond donors (Lipinski definition) is 1. The standard InChI is InChI=1S/C3HClF2N2OS/c4-3(5,6)1-7-8-2(10)9-1/h(H,8,10). The van der Waals surface area contributed by atoms with E-state index in [9.17, 15) is 8.78 Å². The Kier molecular flexibility index (Phi) is 1.74. The molecule has 0 aromatic carbocycles. The Labute approximate surface area is 64.0 Å². The van der Waals surface area contributed by atoms with E-state index in [-0.39, 0.29) is 4.84 Å². The van der Waals surface area contributed by atoms with Crippen LogP contribution in [0.4, 0.5) is 8.78 Å². The average Bonchev–Trinajstić information content (AvgIpc) is 2.11. The average molecular weight is 187 g/mol. The molecule has 0 atom stereocenters. The Morgan fingerprint density at radius 2 is 2.30 bits per heavy atom. The number of hydrogen-bond acceptors (Lipinski definition) is 3. The third kappa shape index (κ3) is 1.51. The van der Waals surface area contributed by atoms with Crippen molar-refractivity contribution in [3.63, 3.8) is 0 Å². The van der Waals surface area contributed by atoms with Crippen molar-refractivity contribution < 1.29 is 13.2 Å². The highest BCUT2D eigenvalue weighted by atomic mass is 35.5. The van der Waals surface area contributed by atoms with Crippen molar-refractivity contribution in [2.45, 2.75) is 5.38 Å². The zero-order valence-corrected chi connectivity index (χ0v) is 5.97. The molecule has 0 spiro atoms. The fourth-order valence-electron chi connectivity index (χ4n) is 0.351. The molecule has 10 heavy (non-hydrogen) atoms. The summed E-state index contributed by atoms with van der Waals surface area (Å²) in [7, 11) is 0. The highest BCUT2D eigenvalue weighted by Gasteiger charge is 2.34. The summed E-state index contributed by atoms with van der Waals surface area (Å²) in [5, 5.41) is 1.43. The minimum absolute atomic E-state index is 0.227. The molecule has 0 aliphatic heterocycles. The van der Waals surface area contributed by atoms with E-state index in [0.717, 1.165) is 0 Å². The van der Waals surface area contributed by atoms with E-state index >= 15 is 0 Å². The first kappa shape index (κ1) is 7.62. The van der Waals surface area contributed by atoms with E-state index in [1.54, 1.807) is 0 Å². The first-order valence-corrected chi connectivity index (χ1v) is 2.91. The summed E-state index contributed by atoms with van der Waals surface area (Å²) in [6.07, 6.45) is 0. The second-order valence-corrected chi connectivity index (χ2v) is 2.26. The zero-order chi connectivity index (χ0) is 7.78. The van der Waals surface area contributed by atoms with E-state index in [4.69, 9.17) is 0 Å². The van der Waals surface area contributed by atoms with E-state index in [1.165, 1.54) is 0 Å². The summed E-state index contributed by atoms with van der Waals surface area (Å²) in [4.78, 5) is -0.227. The number of nitrogens with zero attached hydrogens (tertiary/aromatic N) is 1. The smallest absolute Gasteiger partial charge is 0.399 e. The summed E-state index contributed by atoms with van der Waals surface area (Å²) in [6, 6.07) is 0. The van der Waals surface area contributed by atoms with Crippen LogP contribution in [-0.2, 0) is 5.38 Å². The molecule has 0 fully saturated rings. The minimum atomic E-state index is -3.59. The highest BCUT2D eigenvalue weighted by molar-refractivity contribution is 7.71. The summed E-state index contributed by atoms with van der Waals surface area (Å²) in [5.41, 5.74) is 0. The largest absolute Gasteiger partial charge is 0.407 e. The molecule has 1 rings (SSSR count). The molecule has 0 saturated heterocycles. The van der Waals surface area contributed by atoms with Crippen molar-refractivity contribution in [1.82, 2.24) is 10.2 Å². The Hall–Kier alpha value is -0.490. The summed E-state index contributed by atoms with van der Waals surface area (Å²) >= 11 is 8.84. The molecule has 1 aromatic rings. The highest BCUT2D eigenvalue weighted by Crippen LogP contribution is 2.30. The van der Waals surface area contributed by atoms with Crippen LogP contribution in [0.2, 0.25) is 0 Å². The van der Waals surface area contributed by atoms with Gasteiger partial charge in [0, 0.05) is 0 Å². The molecule has 1 aromatic heterocycles. The van der Waals surface area contributed by atoms with Gasteiger partial charge in [-0.3, -0.25) is 0 Å². The van der Waals surface area contributed by atoms with Crippen molar-refractivity contribution in [2.75, 3.05) is 0 Å². The monoisotopic (exact) mass is 186 g/mol. The number of nitrogens with one attached hydrogen (secondary N) is 1. The number of H-pyrrole nitrogens is 1. The number of rotatable bonds is 1. The second-order valence-electron chi connectivity index (χ2n) is 1.42. The van der Waals surface area contributed by atoms with E-state index < -0.39 is 11.3 Å². The molecule has 0 aliphatic rings. The van der Waals surface area contributed by atoms with Crippen molar-refractivity contribution in [2.24, 2.45) is 0 Å². The van der Waals surface area contributed by atoms with Gasteiger partial charge in [0.05, 0.1) is 0 Å². The molecule has 0 aliphatic carbocycles. The summed E-state index contributed by atoms with van der Waals surface area (Å²) in [5.74, 6) is -0.917. The van der Waals surface area contributed by atoms with E-state index in [2.05, 4.69) is 33.3 Å². The van der Waals surface area contributed by atoms with Crippen molar-refractivity contribution in [3.05, 3.63) is 10.7 Å². The van der Waals surface area contributed by atoms with Crippen LogP contribution >= 0.6 is 23.8 Å². The molecule has 3 nitrogen and oxygen atoms in total. The first-order chi connectivity index (χ1) is 4.50. The van der Waals surface area contributed by atoms with Crippen molar-refractivity contribution in [3.8, 4) is 0 Å². The predicted octanol–water partition coefficient (Wildman–Crippen LogP) is 2.02. The van der Waals surface area contributed by atoms with Crippen molar-refractivity contribution >= 4 is 23.8 Å². The molecular weight excluding hydrogens is 186 g/mol. The molecule has 56 valence electrons. The first-order valence-electron chi connectivity index (χ1n) is 2.13. The predicted molar refractivity (Wildman–Crippen MR) is 31.4 cm³/mol. The second kappa shape index (κ2) is 2.28. The van der Waals surface area contributed by atoms with Crippen LogP contribution in [0.5, 0.6) is 0 Å². The van der Waals surface area contributed by atoms with Gasteiger partial charge in [-0.15, -0.1) is 5.10 Å². The van der Waals surface area contributed by atoms with Gasteiger partial charge in [0.15, 0.2) is 0 Å². The molecule has 1 heterocycles. The molecule has 0 radical (unpaired) electrons. The Balaban J connectivity index is 3.07. The lowest BCUT2D eigenvalue weighted by Crippen LogP contribution is -2.02. The van der Waals surface area contributed by atoms with Gasteiger partial charge in [-0.25, -0.2) is 5.10 Å². The van der Waals surface area contributed by atoms with Gasteiger partial charge in [-0.1, -0.05) is 0 Å². The van der Waals surface area contributed by atoms with Gasteiger partial charge in [-0.05, 0) is 23.8 Å². The van der Waals surface area contributed by atoms with Crippen LogP contribution < -0.4 is 0 Å². The fourth-order valence-corrected chi connectivity index (χ4v) is 0.557. The lowest BCUT2D eigenvalue weighted by molar-refractivity contribution is 0.0614. The lowest BCUT2D eigenvalue weighted by Gasteiger charge is -1.97. The van der Waals surface area contributed by atoms with Crippen LogP contribution in [0, 0.1) is 4.84 Å². The van der Waals surface area contributed by atoms with E-state index in [1.807, 2.05) is 5.10 Å². The summed E-state index contributed by atoms with van der Waals surface area (Å²) < 4.78 is 28.2. The van der Waals surface area contributed by atoms with Gasteiger partial charge in [0.25, 0.3) is 4.84 Å². The van der Waals surface area contributed by atoms with Crippen LogP contribution in [0.3, 0.4) is 0 Å². The maximum Gasteiger partial charge on any atom is 0.399 e. The van der Waals surface area contributed by atoms with Crippen LogP contribution in [0.25, 0.3) is 0 Å². The molecule has 0 amide bonds. The quantitative estimate of drug-likeness (QED) is 0.539. The Morgan fingerprint density at radius 3 is 2.50 bits per heavy atom. The maximum atomic E-state index is 12.0. The number of aromatic nitrogens is 2. The number of halogens is 3. The van der Waals surface area contributed by atoms with Crippen LogP contribution in [-0.4, -0.2) is 10.2 Å². The Bertz CT molecular complexity index is 277. The van der Waals surface area contributed by atoms with Gasteiger partial charge in [-0.2, -0.15) is 8.78 Å². The number of alkyl halides is 3. The van der Waals surface area contributed by atoms with Gasteiger partial charge < -0.3 is 4.42 Å². The van der Waals surface area contributed by atoms with Crippen LogP contribution in [0.15, 0.2) is 4.42 Å². The molecular formula is C3HClF2N2OS. The van der Waals surface area contributed by atoms with Gasteiger partial charge in [0.1, 0.15) is 0 Å². The topological polar surface area (TPSA) is 41.8 Å². The lowest BCUT2D eigenvalue weighted by atomic mass is 10.7. The third-order valence-corrected chi connectivity index (χ3v) is 1.02. The minimum Gasteiger partial charge on any atom is -0.407 e. The molecule has 1 N–H and O–H groups in total. The fraction of sp³-hybridized carbons (Fsp3) is 0.333. The third-order valence-electron chi connectivity index (χ3n) is 0.681. The normalized spacial score (nSPS) is 11.9. The zero-order valence-electron chi connectivity index (χ0n) is 4.40. The SMILES string of the molecule is FC(F)(Cl)c1n[nH]c(=S)o1.